The molecule has 166 valence electrons. The summed E-state index contributed by atoms with van der Waals surface area (Å²) in [5.41, 5.74) is 3.85. The van der Waals surface area contributed by atoms with Gasteiger partial charge in [0.25, 0.3) is 0 Å². The van der Waals surface area contributed by atoms with Crippen LogP contribution in [0.4, 0.5) is 10.3 Å². The predicted molar refractivity (Wildman–Crippen MR) is 124 cm³/mol. The fourth-order valence-electron chi connectivity index (χ4n) is 4.55. The summed E-state index contributed by atoms with van der Waals surface area (Å²) in [6.07, 6.45) is 4.41. The highest BCUT2D eigenvalue weighted by Gasteiger charge is 2.26. The van der Waals surface area contributed by atoms with Gasteiger partial charge in [0.05, 0.1) is 11.3 Å². The lowest BCUT2D eigenvalue weighted by atomic mass is 10.0. The highest BCUT2D eigenvalue weighted by molar-refractivity contribution is 5.43. The molecule has 0 bridgehead atoms. The quantitative estimate of drug-likeness (QED) is 0.550. The fourth-order valence-corrected chi connectivity index (χ4v) is 4.55. The van der Waals surface area contributed by atoms with Crippen LogP contribution >= 0.6 is 0 Å². The Kier molecular flexibility index (Phi) is 6.04. The van der Waals surface area contributed by atoms with Gasteiger partial charge < -0.3 is 9.64 Å². The van der Waals surface area contributed by atoms with Gasteiger partial charge in [-0.15, -0.1) is 0 Å². The second-order valence-electron chi connectivity index (χ2n) is 8.77. The fraction of sp³-hybridized carbons (Fsp3) is 0.385. The van der Waals surface area contributed by atoms with E-state index < -0.39 is 0 Å². The third kappa shape index (κ3) is 4.60. The first-order valence-corrected chi connectivity index (χ1v) is 11.5. The molecule has 0 saturated carbocycles. The number of benzene rings is 2. The summed E-state index contributed by atoms with van der Waals surface area (Å²) in [4.78, 5) is 14.3. The van der Waals surface area contributed by atoms with E-state index >= 15 is 0 Å². The van der Waals surface area contributed by atoms with Crippen molar-refractivity contribution in [3.8, 4) is 11.6 Å². The summed E-state index contributed by atoms with van der Waals surface area (Å²) in [7, 11) is 0. The number of halogens is 1. The Hall–Kier alpha value is -2.99. The first-order chi connectivity index (χ1) is 15.7. The van der Waals surface area contributed by atoms with E-state index in [-0.39, 0.29) is 5.82 Å². The Balaban J connectivity index is 1.45. The predicted octanol–water partition coefficient (Wildman–Crippen LogP) is 5.27. The lowest BCUT2D eigenvalue weighted by molar-refractivity contribution is 0.235. The van der Waals surface area contributed by atoms with Gasteiger partial charge in [0, 0.05) is 44.7 Å². The molecule has 0 atom stereocenters. The highest BCUT2D eigenvalue weighted by Crippen LogP contribution is 2.32. The molecule has 0 spiro atoms. The van der Waals surface area contributed by atoms with Crippen LogP contribution in [0.2, 0.25) is 0 Å². The Morgan fingerprint density at radius 3 is 2.59 bits per heavy atom. The molecule has 0 aliphatic carbocycles. The SMILES string of the molecule is Cc1ccc(F)c(CN2CCc3nc(N4CCCCC4)nc(Oc4ccccc4)c3C2)c1. The number of anilines is 1. The van der Waals surface area contributed by atoms with Crippen LogP contribution in [0.25, 0.3) is 0 Å². The first-order valence-electron chi connectivity index (χ1n) is 11.5. The molecule has 2 aliphatic heterocycles. The summed E-state index contributed by atoms with van der Waals surface area (Å²) in [5, 5.41) is 0. The average molecular weight is 433 g/mol. The van der Waals surface area contributed by atoms with E-state index in [9.17, 15) is 4.39 Å². The molecule has 1 aromatic heterocycles. The minimum absolute atomic E-state index is 0.154. The summed E-state index contributed by atoms with van der Waals surface area (Å²) in [6.45, 7) is 6.01. The number of rotatable bonds is 5. The van der Waals surface area contributed by atoms with Crippen molar-refractivity contribution in [2.24, 2.45) is 0 Å². The van der Waals surface area contributed by atoms with Crippen LogP contribution in [0, 0.1) is 12.7 Å². The van der Waals surface area contributed by atoms with Crippen molar-refractivity contribution in [3.63, 3.8) is 0 Å². The molecule has 2 aliphatic rings. The van der Waals surface area contributed by atoms with Crippen LogP contribution < -0.4 is 9.64 Å². The van der Waals surface area contributed by atoms with Crippen molar-refractivity contribution in [2.75, 3.05) is 24.5 Å². The minimum atomic E-state index is -0.154. The lowest BCUT2D eigenvalue weighted by Gasteiger charge is -2.32. The van der Waals surface area contributed by atoms with Gasteiger partial charge >= 0.3 is 0 Å². The number of hydrogen-bond acceptors (Lipinski definition) is 5. The van der Waals surface area contributed by atoms with Gasteiger partial charge in [-0.1, -0.05) is 35.9 Å². The second kappa shape index (κ2) is 9.25. The number of fused-ring (bicyclic) bond motifs is 1. The van der Waals surface area contributed by atoms with Gasteiger partial charge in [-0.2, -0.15) is 4.98 Å². The Labute approximate surface area is 188 Å². The minimum Gasteiger partial charge on any atom is -0.439 e. The van der Waals surface area contributed by atoms with Gasteiger partial charge in [0.15, 0.2) is 0 Å². The van der Waals surface area contributed by atoms with Crippen LogP contribution in [0.5, 0.6) is 11.6 Å². The molecule has 6 heteroatoms. The van der Waals surface area contributed by atoms with E-state index in [1.165, 1.54) is 19.3 Å². The maximum absolute atomic E-state index is 14.4. The Bertz CT molecular complexity index is 1080. The summed E-state index contributed by atoms with van der Waals surface area (Å²) >= 11 is 0. The largest absolute Gasteiger partial charge is 0.439 e. The zero-order valence-corrected chi connectivity index (χ0v) is 18.6. The van der Waals surface area contributed by atoms with Crippen molar-refractivity contribution >= 4 is 5.95 Å². The molecule has 0 N–H and O–H groups in total. The maximum atomic E-state index is 14.4. The monoisotopic (exact) mass is 432 g/mol. The van der Waals surface area contributed by atoms with Crippen LogP contribution in [0.3, 0.4) is 0 Å². The van der Waals surface area contributed by atoms with Gasteiger partial charge in [-0.25, -0.2) is 9.37 Å². The molecule has 2 aromatic carbocycles. The number of ether oxygens (including phenoxy) is 1. The first kappa shape index (κ1) is 20.9. The van der Waals surface area contributed by atoms with Crippen LogP contribution in [-0.2, 0) is 19.5 Å². The molecule has 1 fully saturated rings. The molecule has 3 aromatic rings. The van der Waals surface area contributed by atoms with E-state index in [0.29, 0.717) is 19.0 Å². The average Bonchev–Trinajstić information content (AvgIpc) is 2.83. The normalized spacial score (nSPS) is 16.6. The topological polar surface area (TPSA) is 41.5 Å². The highest BCUT2D eigenvalue weighted by atomic mass is 19.1. The van der Waals surface area contributed by atoms with E-state index in [4.69, 9.17) is 14.7 Å². The summed E-state index contributed by atoms with van der Waals surface area (Å²) in [5.74, 6) is 2.00. The van der Waals surface area contributed by atoms with Crippen LogP contribution in [0.15, 0.2) is 48.5 Å². The molecule has 1 saturated heterocycles. The maximum Gasteiger partial charge on any atom is 0.228 e. The van der Waals surface area contributed by atoms with E-state index in [0.717, 1.165) is 60.1 Å². The number of piperidine rings is 1. The van der Waals surface area contributed by atoms with Crippen molar-refractivity contribution in [2.45, 2.75) is 45.7 Å². The van der Waals surface area contributed by atoms with Gasteiger partial charge in [0.1, 0.15) is 11.6 Å². The molecule has 5 rings (SSSR count). The summed E-state index contributed by atoms with van der Waals surface area (Å²) in [6, 6.07) is 15.1. The third-order valence-electron chi connectivity index (χ3n) is 6.28. The number of para-hydroxylation sites is 1. The number of aryl methyl sites for hydroxylation is 1. The van der Waals surface area contributed by atoms with Gasteiger partial charge in [0.2, 0.25) is 11.8 Å². The smallest absolute Gasteiger partial charge is 0.228 e. The Morgan fingerprint density at radius 2 is 1.78 bits per heavy atom. The Morgan fingerprint density at radius 1 is 0.969 bits per heavy atom. The number of nitrogens with zero attached hydrogens (tertiary/aromatic N) is 4. The molecule has 0 radical (unpaired) electrons. The summed E-state index contributed by atoms with van der Waals surface area (Å²) < 4.78 is 20.6. The molecule has 32 heavy (non-hydrogen) atoms. The zero-order valence-electron chi connectivity index (χ0n) is 18.6. The molecule has 5 nitrogen and oxygen atoms in total. The molecular weight excluding hydrogens is 403 g/mol. The zero-order chi connectivity index (χ0) is 21.9. The number of aromatic nitrogens is 2. The number of hydrogen-bond donors (Lipinski definition) is 0. The van der Waals surface area contributed by atoms with E-state index in [2.05, 4.69) is 9.80 Å². The van der Waals surface area contributed by atoms with Gasteiger partial charge in [-0.05, 0) is 44.4 Å². The van der Waals surface area contributed by atoms with Crippen molar-refractivity contribution < 1.29 is 9.13 Å². The van der Waals surface area contributed by atoms with E-state index in [1.807, 2.05) is 49.4 Å². The third-order valence-corrected chi connectivity index (χ3v) is 6.28. The second-order valence-corrected chi connectivity index (χ2v) is 8.77. The van der Waals surface area contributed by atoms with Gasteiger partial charge in [-0.3, -0.25) is 4.90 Å². The van der Waals surface area contributed by atoms with E-state index in [1.54, 1.807) is 6.07 Å². The van der Waals surface area contributed by atoms with Crippen molar-refractivity contribution in [1.82, 2.24) is 14.9 Å². The van der Waals surface area contributed by atoms with Crippen LogP contribution in [-0.4, -0.2) is 34.5 Å². The van der Waals surface area contributed by atoms with Crippen molar-refractivity contribution in [3.05, 3.63) is 76.7 Å². The molecule has 3 heterocycles. The molecular formula is C26H29FN4O. The standard InChI is InChI=1S/C26H29FN4O/c1-19-10-11-23(27)20(16-19)17-30-15-12-24-22(18-30)25(32-21-8-4-2-5-9-21)29-26(28-24)31-13-6-3-7-14-31/h2,4-5,8-11,16H,3,6-7,12-15,17-18H2,1H3. The molecule has 0 amide bonds. The van der Waals surface area contributed by atoms with Crippen molar-refractivity contribution in [1.29, 1.82) is 0 Å². The lowest BCUT2D eigenvalue weighted by Crippen LogP contribution is -2.34. The van der Waals surface area contributed by atoms with Crippen LogP contribution in [0.1, 0.15) is 41.6 Å². The molecule has 0 unspecified atom stereocenters.